The monoisotopic (exact) mass is 517 g/mol. The van der Waals surface area contributed by atoms with Crippen LogP contribution in [0.2, 0.25) is 0 Å². The topological polar surface area (TPSA) is 81.0 Å². The first-order valence-corrected chi connectivity index (χ1v) is 14.1. The summed E-state index contributed by atoms with van der Waals surface area (Å²) in [6.07, 6.45) is 11.4. The zero-order valence-electron chi connectivity index (χ0n) is 22.9. The van der Waals surface area contributed by atoms with Crippen molar-refractivity contribution in [2.24, 2.45) is 26.3 Å². The second kappa shape index (κ2) is 9.42. The molecule has 39 heavy (non-hydrogen) atoms. The van der Waals surface area contributed by atoms with Crippen molar-refractivity contribution < 1.29 is 0 Å². The van der Waals surface area contributed by atoms with Crippen molar-refractivity contribution in [1.82, 2.24) is 20.2 Å². The molecule has 5 heterocycles. The Morgan fingerprint density at radius 2 is 1.90 bits per heavy atom. The maximum Gasteiger partial charge on any atom is 0.158 e. The Hall–Kier alpha value is -3.84. The van der Waals surface area contributed by atoms with Crippen molar-refractivity contribution in [2.45, 2.75) is 45.2 Å². The van der Waals surface area contributed by atoms with Gasteiger partial charge < -0.3 is 15.2 Å². The van der Waals surface area contributed by atoms with E-state index >= 15 is 0 Å². The molecule has 0 spiro atoms. The minimum absolute atomic E-state index is 0.115. The highest BCUT2D eigenvalue weighted by Gasteiger charge is 2.41. The molecule has 1 aliphatic carbocycles. The summed E-state index contributed by atoms with van der Waals surface area (Å²) in [6.45, 7) is 6.73. The van der Waals surface area contributed by atoms with Crippen molar-refractivity contribution in [3.05, 3.63) is 77.6 Å². The van der Waals surface area contributed by atoms with Gasteiger partial charge in [-0.15, -0.1) is 0 Å². The number of benzene rings is 1. The lowest BCUT2D eigenvalue weighted by Crippen LogP contribution is -2.56. The molecular formula is C32H35N7. The van der Waals surface area contributed by atoms with E-state index in [0.717, 1.165) is 59.0 Å². The Balaban J connectivity index is 1.38. The molecule has 2 unspecified atom stereocenters. The van der Waals surface area contributed by atoms with Gasteiger partial charge in [0.15, 0.2) is 5.84 Å². The number of aromatic nitrogens is 2. The normalized spacial score (nSPS) is 24.3. The number of aliphatic imine (C=N–C) groups is 3. The van der Waals surface area contributed by atoms with Gasteiger partial charge in [0.05, 0.1) is 0 Å². The van der Waals surface area contributed by atoms with Gasteiger partial charge in [0, 0.05) is 60.5 Å². The van der Waals surface area contributed by atoms with Crippen molar-refractivity contribution in [1.29, 1.82) is 0 Å². The molecule has 2 aromatic heterocycles. The summed E-state index contributed by atoms with van der Waals surface area (Å²) in [5, 5.41) is 4.63. The molecule has 3 aromatic rings. The highest BCUT2D eigenvalue weighted by atomic mass is 15.2. The third-order valence-electron chi connectivity index (χ3n) is 8.64. The van der Waals surface area contributed by atoms with Crippen molar-refractivity contribution in [2.75, 3.05) is 20.1 Å². The highest BCUT2D eigenvalue weighted by Crippen LogP contribution is 2.41. The number of hydrogen-bond donors (Lipinski definition) is 2. The van der Waals surface area contributed by atoms with Crippen LogP contribution in [0.5, 0.6) is 0 Å². The van der Waals surface area contributed by atoms with E-state index < -0.39 is 0 Å². The van der Waals surface area contributed by atoms with Gasteiger partial charge in [-0.25, -0.2) is 9.98 Å². The lowest BCUT2D eigenvalue weighted by molar-refractivity contribution is 0.127. The van der Waals surface area contributed by atoms with Crippen LogP contribution in [0, 0.1) is 11.3 Å². The van der Waals surface area contributed by atoms with E-state index in [1.54, 1.807) is 0 Å². The number of nitrogens with one attached hydrogen (secondary N) is 2. The predicted molar refractivity (Wildman–Crippen MR) is 159 cm³/mol. The number of allylic oxidation sites excluding steroid dienone is 1. The number of H-pyrrole nitrogens is 1. The Morgan fingerprint density at radius 1 is 1.05 bits per heavy atom. The molecule has 1 saturated carbocycles. The molecule has 198 valence electrons. The van der Waals surface area contributed by atoms with Gasteiger partial charge in [-0.3, -0.25) is 9.98 Å². The van der Waals surface area contributed by atoms with Crippen molar-refractivity contribution >= 4 is 28.9 Å². The first-order valence-electron chi connectivity index (χ1n) is 14.1. The summed E-state index contributed by atoms with van der Waals surface area (Å²) >= 11 is 0. The van der Waals surface area contributed by atoms with Crippen LogP contribution in [-0.2, 0) is 0 Å². The molecule has 3 aliphatic heterocycles. The molecule has 0 bridgehead atoms. The molecule has 1 saturated heterocycles. The van der Waals surface area contributed by atoms with Gasteiger partial charge in [0.25, 0.3) is 0 Å². The largest absolute Gasteiger partial charge is 0.356 e. The summed E-state index contributed by atoms with van der Waals surface area (Å²) in [5.74, 6) is 2.34. The lowest BCUT2D eigenvalue weighted by Gasteiger charge is -2.46. The number of nitrogens with zero attached hydrogens (tertiary/aromatic N) is 5. The van der Waals surface area contributed by atoms with E-state index in [2.05, 4.69) is 88.7 Å². The SMILES string of the molecule is CN(C1=NC(c2ccnc3[nH]c(-c4ccccc4)cc23)=NC2C=CN=CC(C3CC3)=C12)C1CCNCC1(C)C. The average molecular weight is 518 g/mol. The van der Waals surface area contributed by atoms with Crippen LogP contribution < -0.4 is 5.32 Å². The van der Waals surface area contributed by atoms with E-state index in [-0.39, 0.29) is 11.5 Å². The third kappa shape index (κ3) is 4.35. The van der Waals surface area contributed by atoms with Gasteiger partial charge in [0.2, 0.25) is 0 Å². The van der Waals surface area contributed by atoms with Crippen molar-refractivity contribution in [3.8, 4) is 11.3 Å². The van der Waals surface area contributed by atoms with Crippen LogP contribution in [0.4, 0.5) is 0 Å². The fraction of sp³-hybridized carbons (Fsp3) is 0.375. The molecule has 7 nitrogen and oxygen atoms in total. The quantitative estimate of drug-likeness (QED) is 0.487. The number of pyridine rings is 1. The average Bonchev–Trinajstić information content (AvgIpc) is 3.73. The van der Waals surface area contributed by atoms with Crippen LogP contribution in [-0.4, -0.2) is 65.0 Å². The number of amidine groups is 2. The van der Waals surface area contributed by atoms with Gasteiger partial charge in [-0.05, 0) is 66.5 Å². The number of rotatable bonds is 4. The second-order valence-corrected chi connectivity index (χ2v) is 11.8. The number of likely N-dealkylation sites (N-methyl/N-ethyl adjacent to an activating group) is 1. The molecule has 2 atom stereocenters. The summed E-state index contributed by atoms with van der Waals surface area (Å²) in [7, 11) is 2.23. The molecule has 2 fully saturated rings. The standard InChI is InChI=1S/C32H35N7/c1-32(2)19-34-15-13-27(32)39(3)31-28-24(20-9-10-20)18-33-14-12-25(28)36-30(38-31)22-11-16-35-29-23(22)17-26(37-29)21-7-5-4-6-8-21/h4-8,11-12,14,16-18,20,25,27,34H,9-10,13,15,19H2,1-3H3,(H,35,37). The summed E-state index contributed by atoms with van der Waals surface area (Å²) < 4.78 is 0. The van der Waals surface area contributed by atoms with Crippen LogP contribution in [0.25, 0.3) is 22.3 Å². The number of aromatic amines is 1. The van der Waals surface area contributed by atoms with E-state index in [0.29, 0.717) is 12.0 Å². The lowest BCUT2D eigenvalue weighted by atomic mass is 9.78. The predicted octanol–water partition coefficient (Wildman–Crippen LogP) is 5.38. The number of piperidine rings is 1. The van der Waals surface area contributed by atoms with Crippen LogP contribution in [0.3, 0.4) is 0 Å². The van der Waals surface area contributed by atoms with Gasteiger partial charge in [-0.2, -0.15) is 0 Å². The Kier molecular flexibility index (Phi) is 5.85. The minimum Gasteiger partial charge on any atom is -0.356 e. The van der Waals surface area contributed by atoms with E-state index in [1.165, 1.54) is 24.0 Å². The van der Waals surface area contributed by atoms with E-state index in [1.807, 2.05) is 24.5 Å². The minimum atomic E-state index is -0.117. The molecule has 7 heteroatoms. The fourth-order valence-corrected chi connectivity index (χ4v) is 6.42. The summed E-state index contributed by atoms with van der Waals surface area (Å²) in [4.78, 5) is 25.9. The Labute approximate surface area is 229 Å². The van der Waals surface area contributed by atoms with Crippen LogP contribution in [0.15, 0.2) is 87.1 Å². The van der Waals surface area contributed by atoms with Gasteiger partial charge in [-0.1, -0.05) is 44.2 Å². The molecule has 4 aliphatic rings. The molecule has 0 amide bonds. The highest BCUT2D eigenvalue weighted by molar-refractivity contribution is 6.19. The van der Waals surface area contributed by atoms with E-state index in [9.17, 15) is 0 Å². The number of hydrogen-bond acceptors (Lipinski definition) is 6. The summed E-state index contributed by atoms with van der Waals surface area (Å²) in [6, 6.07) is 14.8. The maximum atomic E-state index is 5.39. The first kappa shape index (κ1) is 24.2. The van der Waals surface area contributed by atoms with Gasteiger partial charge in [0.1, 0.15) is 17.5 Å². The van der Waals surface area contributed by atoms with Crippen molar-refractivity contribution in [3.63, 3.8) is 0 Å². The Morgan fingerprint density at radius 3 is 2.69 bits per heavy atom. The maximum absolute atomic E-state index is 5.39. The third-order valence-corrected chi connectivity index (χ3v) is 8.64. The van der Waals surface area contributed by atoms with E-state index in [4.69, 9.17) is 9.98 Å². The number of fused-ring (bicyclic) bond motifs is 2. The second-order valence-electron chi connectivity index (χ2n) is 11.8. The van der Waals surface area contributed by atoms with Crippen LogP contribution >= 0.6 is 0 Å². The molecular weight excluding hydrogens is 482 g/mol. The molecule has 2 N–H and O–H groups in total. The fourth-order valence-electron chi connectivity index (χ4n) is 6.42. The van der Waals surface area contributed by atoms with Gasteiger partial charge >= 0.3 is 0 Å². The zero-order chi connectivity index (χ0) is 26.6. The molecule has 1 aromatic carbocycles. The molecule has 7 rings (SSSR count). The Bertz CT molecular complexity index is 1570. The first-order chi connectivity index (χ1) is 19.0. The molecule has 0 radical (unpaired) electrons. The smallest absolute Gasteiger partial charge is 0.158 e. The zero-order valence-corrected chi connectivity index (χ0v) is 22.9. The summed E-state index contributed by atoms with van der Waals surface area (Å²) in [5.41, 5.74) is 6.66. The van der Waals surface area contributed by atoms with Crippen LogP contribution in [0.1, 0.15) is 38.7 Å².